The van der Waals surface area contributed by atoms with Crippen LogP contribution in [0.5, 0.6) is 0 Å². The number of benzene rings is 1. The first-order chi connectivity index (χ1) is 14.9. The van der Waals surface area contributed by atoms with Crippen molar-refractivity contribution in [3.8, 4) is 10.7 Å². The van der Waals surface area contributed by atoms with E-state index in [2.05, 4.69) is 10.2 Å². The summed E-state index contributed by atoms with van der Waals surface area (Å²) in [7, 11) is -3.93. The predicted octanol–water partition coefficient (Wildman–Crippen LogP) is 2.73. The highest BCUT2D eigenvalue weighted by atomic mass is 32.2. The van der Waals surface area contributed by atoms with Crippen molar-refractivity contribution in [2.45, 2.75) is 17.9 Å². The molecule has 0 atom stereocenters. The van der Waals surface area contributed by atoms with Crippen LogP contribution in [0, 0.1) is 10.6 Å². The summed E-state index contributed by atoms with van der Waals surface area (Å²) < 4.78 is 42.8. The predicted molar refractivity (Wildman–Crippen MR) is 117 cm³/mol. The number of piperazine rings is 1. The average molecular weight is 482 g/mol. The fourth-order valence-corrected chi connectivity index (χ4v) is 5.89. The minimum Gasteiger partial charge on any atom is -0.340 e. The number of sulfonamides is 1. The van der Waals surface area contributed by atoms with Crippen molar-refractivity contribution in [1.82, 2.24) is 24.0 Å². The number of nitrogens with zero attached hydrogens (tertiary/aromatic N) is 4. The van der Waals surface area contributed by atoms with Crippen molar-refractivity contribution in [2.75, 3.05) is 26.2 Å². The van der Waals surface area contributed by atoms with Gasteiger partial charge >= 0.3 is 0 Å². The molecular formula is C19H20FN5O3S3. The summed E-state index contributed by atoms with van der Waals surface area (Å²) in [6, 6.07) is 9.16. The van der Waals surface area contributed by atoms with Gasteiger partial charge in [0, 0.05) is 39.1 Å². The Morgan fingerprint density at radius 3 is 2.58 bits per heavy atom. The Morgan fingerprint density at radius 2 is 1.90 bits per heavy atom. The van der Waals surface area contributed by atoms with Gasteiger partial charge in [-0.15, -0.1) is 11.3 Å². The lowest BCUT2D eigenvalue weighted by Crippen LogP contribution is -2.50. The van der Waals surface area contributed by atoms with E-state index in [4.69, 9.17) is 12.2 Å². The van der Waals surface area contributed by atoms with Crippen molar-refractivity contribution in [2.24, 2.45) is 0 Å². The molecule has 12 heteroatoms. The summed E-state index contributed by atoms with van der Waals surface area (Å²) in [6.45, 7) is 1.11. The van der Waals surface area contributed by atoms with Gasteiger partial charge in [0.15, 0.2) is 10.6 Å². The zero-order valence-corrected chi connectivity index (χ0v) is 18.8. The number of aromatic nitrogens is 3. The van der Waals surface area contributed by atoms with Crippen LogP contribution < -0.4 is 0 Å². The largest absolute Gasteiger partial charge is 0.340 e. The zero-order chi connectivity index (χ0) is 22.0. The molecule has 1 aliphatic heterocycles. The molecule has 0 aliphatic carbocycles. The fraction of sp³-hybridized carbons (Fsp3) is 0.316. The van der Waals surface area contributed by atoms with E-state index in [0.29, 0.717) is 17.1 Å². The topological polar surface area (TPSA) is 91.3 Å². The van der Waals surface area contributed by atoms with Gasteiger partial charge in [0.25, 0.3) is 0 Å². The summed E-state index contributed by atoms with van der Waals surface area (Å²) >= 11 is 6.82. The Balaban J connectivity index is 1.37. The molecule has 1 aromatic carbocycles. The van der Waals surface area contributed by atoms with Crippen LogP contribution in [-0.2, 0) is 21.4 Å². The lowest BCUT2D eigenvalue weighted by Gasteiger charge is -2.34. The quantitative estimate of drug-likeness (QED) is 0.547. The highest BCUT2D eigenvalue weighted by Gasteiger charge is 2.31. The van der Waals surface area contributed by atoms with E-state index in [1.165, 1.54) is 33.8 Å². The molecule has 4 rings (SSSR count). The van der Waals surface area contributed by atoms with Crippen LogP contribution in [-0.4, -0.2) is 64.5 Å². The van der Waals surface area contributed by atoms with E-state index in [-0.39, 0.29) is 43.4 Å². The van der Waals surface area contributed by atoms with Gasteiger partial charge in [-0.3, -0.25) is 14.5 Å². The number of rotatable bonds is 6. The number of aromatic amines is 1. The third-order valence-corrected chi connectivity index (χ3v) is 8.20. The molecule has 1 N–H and O–H groups in total. The molecule has 8 nitrogen and oxygen atoms in total. The second-order valence-electron chi connectivity index (χ2n) is 6.95. The molecule has 1 aliphatic rings. The normalized spacial score (nSPS) is 15.3. The first-order valence-electron chi connectivity index (χ1n) is 9.59. The third kappa shape index (κ3) is 4.47. The van der Waals surface area contributed by atoms with E-state index in [9.17, 15) is 17.6 Å². The number of amides is 1. The first kappa shape index (κ1) is 21.8. The SMILES string of the molecule is O=C(CCn1c(-c2cccs2)n[nH]c1=S)N1CCN(S(=O)(=O)c2ccccc2F)CC1. The minimum atomic E-state index is -3.93. The van der Waals surface area contributed by atoms with Crippen LogP contribution in [0.25, 0.3) is 10.7 Å². The minimum absolute atomic E-state index is 0.0943. The van der Waals surface area contributed by atoms with Crippen LogP contribution >= 0.6 is 23.6 Å². The number of H-pyrrole nitrogens is 1. The number of thiophene rings is 1. The first-order valence-corrected chi connectivity index (χ1v) is 12.3. The van der Waals surface area contributed by atoms with Crippen LogP contribution in [0.15, 0.2) is 46.7 Å². The lowest BCUT2D eigenvalue weighted by atomic mass is 10.3. The Hall–Kier alpha value is -2.41. The van der Waals surface area contributed by atoms with E-state index >= 15 is 0 Å². The Labute approximate surface area is 188 Å². The number of hydrogen-bond donors (Lipinski definition) is 1. The number of nitrogens with one attached hydrogen (secondary N) is 1. The molecular weight excluding hydrogens is 461 g/mol. The number of carbonyl (C=O) groups is 1. The maximum atomic E-state index is 14.0. The maximum absolute atomic E-state index is 14.0. The molecule has 0 unspecified atom stereocenters. The summed E-state index contributed by atoms with van der Waals surface area (Å²) in [5.74, 6) is -0.184. The van der Waals surface area contributed by atoms with E-state index in [0.717, 1.165) is 10.9 Å². The van der Waals surface area contributed by atoms with Gasteiger partial charge in [0.2, 0.25) is 15.9 Å². The van der Waals surface area contributed by atoms with E-state index in [1.807, 2.05) is 17.5 Å². The van der Waals surface area contributed by atoms with Crippen LogP contribution in [0.3, 0.4) is 0 Å². The van der Waals surface area contributed by atoms with E-state index in [1.54, 1.807) is 9.47 Å². The van der Waals surface area contributed by atoms with Crippen molar-refractivity contribution >= 4 is 39.5 Å². The fourth-order valence-electron chi connectivity index (χ4n) is 3.46. The Morgan fingerprint density at radius 1 is 1.16 bits per heavy atom. The van der Waals surface area contributed by atoms with Gasteiger partial charge in [-0.2, -0.15) is 9.40 Å². The third-order valence-electron chi connectivity index (χ3n) is 5.09. The molecule has 0 bridgehead atoms. The molecule has 0 saturated carbocycles. The summed E-state index contributed by atoms with van der Waals surface area (Å²) in [5.41, 5.74) is 0. The van der Waals surface area contributed by atoms with Crippen molar-refractivity contribution < 1.29 is 17.6 Å². The summed E-state index contributed by atoms with van der Waals surface area (Å²) in [4.78, 5) is 14.9. The molecule has 0 radical (unpaired) electrons. The monoisotopic (exact) mass is 481 g/mol. The van der Waals surface area contributed by atoms with Crippen molar-refractivity contribution in [3.63, 3.8) is 0 Å². The second kappa shape index (κ2) is 8.99. The smallest absolute Gasteiger partial charge is 0.246 e. The van der Waals surface area contributed by atoms with Gasteiger partial charge in [-0.05, 0) is 35.8 Å². The molecule has 3 heterocycles. The number of halogens is 1. The summed E-state index contributed by atoms with van der Waals surface area (Å²) in [5, 5.41) is 8.96. The molecule has 2 aromatic heterocycles. The van der Waals surface area contributed by atoms with Gasteiger partial charge in [-0.1, -0.05) is 18.2 Å². The molecule has 0 spiro atoms. The molecule has 31 heavy (non-hydrogen) atoms. The zero-order valence-electron chi connectivity index (χ0n) is 16.4. The Bertz CT molecular complexity index is 1230. The van der Waals surface area contributed by atoms with Crippen molar-refractivity contribution in [1.29, 1.82) is 0 Å². The molecule has 1 saturated heterocycles. The highest BCUT2D eigenvalue weighted by Crippen LogP contribution is 2.23. The summed E-state index contributed by atoms with van der Waals surface area (Å²) in [6.07, 6.45) is 0.215. The maximum Gasteiger partial charge on any atom is 0.246 e. The Kier molecular flexibility index (Phi) is 6.32. The number of carbonyl (C=O) groups excluding carboxylic acids is 1. The molecule has 1 amide bonds. The van der Waals surface area contributed by atoms with Crippen molar-refractivity contribution in [3.05, 3.63) is 52.4 Å². The van der Waals surface area contributed by atoms with Crippen LogP contribution in [0.1, 0.15) is 6.42 Å². The van der Waals surface area contributed by atoms with Gasteiger partial charge in [0.1, 0.15) is 10.7 Å². The average Bonchev–Trinajstić information content (AvgIpc) is 3.42. The van der Waals surface area contributed by atoms with E-state index < -0.39 is 15.8 Å². The molecule has 3 aromatic rings. The second-order valence-corrected chi connectivity index (χ2v) is 10.2. The highest BCUT2D eigenvalue weighted by molar-refractivity contribution is 7.89. The molecule has 164 valence electrons. The lowest BCUT2D eigenvalue weighted by molar-refractivity contribution is -0.132. The van der Waals surface area contributed by atoms with Gasteiger partial charge in [0.05, 0.1) is 4.88 Å². The molecule has 1 fully saturated rings. The van der Waals surface area contributed by atoms with Crippen LogP contribution in [0.2, 0.25) is 0 Å². The number of hydrogen-bond acceptors (Lipinski definition) is 6. The van der Waals surface area contributed by atoms with Crippen LogP contribution in [0.4, 0.5) is 4.39 Å². The standard InChI is InChI=1S/C19H20FN5O3S3/c20-14-4-1-2-6-16(14)31(27,28)24-11-9-23(10-12-24)17(26)7-8-25-18(21-22-19(25)29)15-5-3-13-30-15/h1-6,13H,7-12H2,(H,22,29). The van der Waals surface area contributed by atoms with Gasteiger partial charge in [-0.25, -0.2) is 12.8 Å². The van der Waals surface area contributed by atoms with Gasteiger partial charge < -0.3 is 4.90 Å².